The monoisotopic (exact) mass is 285 g/mol. The third-order valence-corrected chi connectivity index (χ3v) is 3.66. The Morgan fingerprint density at radius 1 is 1.21 bits per heavy atom. The first kappa shape index (κ1) is 15.9. The number of hydrogen-bond acceptors (Lipinski definition) is 4. The fourth-order valence-electron chi connectivity index (χ4n) is 1.66. The van der Waals surface area contributed by atoms with Crippen LogP contribution in [0.3, 0.4) is 0 Å². The second-order valence-electron chi connectivity index (χ2n) is 5.63. The maximum atomic E-state index is 11.4. The number of hydrogen-bond donors (Lipinski definition) is 3. The molecule has 0 fully saturated rings. The average Bonchev–Trinajstić information content (AvgIpc) is 2.23. The second-order valence-corrected chi connectivity index (χ2v) is 7.16. The summed E-state index contributed by atoms with van der Waals surface area (Å²) >= 11 is 0. The number of aryl methyl sites for hydroxylation is 1. The van der Waals surface area contributed by atoms with Gasteiger partial charge in [0.1, 0.15) is 0 Å². The molecule has 19 heavy (non-hydrogen) atoms. The molecular weight excluding hydrogens is 262 g/mol. The normalized spacial score (nSPS) is 12.5. The van der Waals surface area contributed by atoms with E-state index < -0.39 is 10.0 Å². The van der Waals surface area contributed by atoms with Crippen LogP contribution < -0.4 is 15.8 Å². The van der Waals surface area contributed by atoms with Crippen molar-refractivity contribution in [3.05, 3.63) is 23.8 Å². The molecule has 0 amide bonds. The van der Waals surface area contributed by atoms with Crippen LogP contribution in [-0.2, 0) is 10.0 Å². The van der Waals surface area contributed by atoms with E-state index >= 15 is 0 Å². The summed E-state index contributed by atoms with van der Waals surface area (Å²) in [6.07, 6.45) is 0. The Morgan fingerprint density at radius 3 is 2.37 bits per heavy atom. The Morgan fingerprint density at radius 2 is 1.84 bits per heavy atom. The zero-order valence-corrected chi connectivity index (χ0v) is 12.8. The lowest BCUT2D eigenvalue weighted by Gasteiger charge is -2.20. The van der Waals surface area contributed by atoms with Gasteiger partial charge in [0.25, 0.3) is 0 Å². The highest BCUT2D eigenvalue weighted by Crippen LogP contribution is 2.18. The third-order valence-electron chi connectivity index (χ3n) is 2.60. The Balaban J connectivity index is 2.66. The molecule has 0 unspecified atom stereocenters. The molecule has 6 heteroatoms. The highest BCUT2D eigenvalue weighted by Gasteiger charge is 2.12. The van der Waals surface area contributed by atoms with Gasteiger partial charge in [-0.2, -0.15) is 0 Å². The maximum absolute atomic E-state index is 11.4. The zero-order valence-electron chi connectivity index (χ0n) is 11.9. The number of sulfonamides is 1. The minimum atomic E-state index is -3.67. The first-order chi connectivity index (χ1) is 8.59. The van der Waals surface area contributed by atoms with E-state index in [0.29, 0.717) is 12.1 Å². The van der Waals surface area contributed by atoms with Gasteiger partial charge in [-0.3, -0.25) is 0 Å². The SMILES string of the molecule is Cc1ccc(NCCNC(C)(C)C)cc1S(N)(=O)=O. The van der Waals surface area contributed by atoms with E-state index in [4.69, 9.17) is 5.14 Å². The largest absolute Gasteiger partial charge is 0.384 e. The van der Waals surface area contributed by atoms with Gasteiger partial charge in [0.2, 0.25) is 10.0 Å². The van der Waals surface area contributed by atoms with Gasteiger partial charge in [-0.1, -0.05) is 6.07 Å². The number of benzene rings is 1. The van der Waals surface area contributed by atoms with Crippen LogP contribution in [0.4, 0.5) is 5.69 Å². The number of nitrogens with two attached hydrogens (primary N) is 1. The van der Waals surface area contributed by atoms with Crippen LogP contribution in [-0.4, -0.2) is 27.0 Å². The molecule has 0 radical (unpaired) electrons. The van der Waals surface area contributed by atoms with Crippen LogP contribution in [0.5, 0.6) is 0 Å². The molecule has 0 atom stereocenters. The highest BCUT2D eigenvalue weighted by atomic mass is 32.2. The Labute approximate surface area is 115 Å². The van der Waals surface area contributed by atoms with E-state index in [0.717, 1.165) is 12.2 Å². The first-order valence-electron chi connectivity index (χ1n) is 6.22. The molecule has 1 aromatic rings. The van der Waals surface area contributed by atoms with Crippen molar-refractivity contribution in [2.45, 2.75) is 38.1 Å². The van der Waals surface area contributed by atoms with E-state index in [1.165, 1.54) is 0 Å². The van der Waals surface area contributed by atoms with Gasteiger partial charge in [-0.25, -0.2) is 13.6 Å². The van der Waals surface area contributed by atoms with Crippen molar-refractivity contribution >= 4 is 15.7 Å². The molecule has 4 N–H and O–H groups in total. The molecule has 1 aromatic carbocycles. The Kier molecular flexibility index (Phi) is 4.95. The van der Waals surface area contributed by atoms with E-state index in [9.17, 15) is 8.42 Å². The van der Waals surface area contributed by atoms with Crippen LogP contribution in [0.1, 0.15) is 26.3 Å². The molecular formula is C13H23N3O2S. The van der Waals surface area contributed by atoms with Crippen molar-refractivity contribution in [2.24, 2.45) is 5.14 Å². The number of anilines is 1. The van der Waals surface area contributed by atoms with Gasteiger partial charge in [0, 0.05) is 24.3 Å². The average molecular weight is 285 g/mol. The molecule has 0 aliphatic carbocycles. The first-order valence-corrected chi connectivity index (χ1v) is 7.76. The summed E-state index contributed by atoms with van der Waals surface area (Å²) < 4.78 is 22.8. The molecule has 0 aromatic heterocycles. The standard InChI is InChI=1S/C13H23N3O2S/c1-10-5-6-11(9-12(10)19(14,17)18)15-7-8-16-13(2,3)4/h5-6,9,15-16H,7-8H2,1-4H3,(H2,14,17,18). The molecule has 0 spiro atoms. The number of rotatable bonds is 5. The predicted octanol–water partition coefficient (Wildman–Crippen LogP) is 1.44. The minimum absolute atomic E-state index is 0.0702. The fourth-order valence-corrected chi connectivity index (χ4v) is 2.47. The van der Waals surface area contributed by atoms with Gasteiger partial charge in [0.15, 0.2) is 0 Å². The quantitative estimate of drug-likeness (QED) is 0.715. The van der Waals surface area contributed by atoms with Crippen LogP contribution in [0.2, 0.25) is 0 Å². The minimum Gasteiger partial charge on any atom is -0.384 e. The number of nitrogens with one attached hydrogen (secondary N) is 2. The summed E-state index contributed by atoms with van der Waals surface area (Å²) in [6.45, 7) is 9.52. The summed E-state index contributed by atoms with van der Waals surface area (Å²) in [5, 5.41) is 11.7. The second kappa shape index (κ2) is 5.90. The molecule has 1 rings (SSSR count). The summed E-state index contributed by atoms with van der Waals surface area (Å²) in [7, 11) is -3.67. The van der Waals surface area contributed by atoms with Crippen molar-refractivity contribution in [1.82, 2.24) is 5.32 Å². The summed E-state index contributed by atoms with van der Waals surface area (Å²) in [5.74, 6) is 0. The Hall–Kier alpha value is -1.11. The lowest BCUT2D eigenvalue weighted by atomic mass is 10.1. The van der Waals surface area contributed by atoms with E-state index in [2.05, 4.69) is 31.4 Å². The molecule has 0 bridgehead atoms. The molecule has 0 aliphatic heterocycles. The van der Waals surface area contributed by atoms with E-state index in [1.807, 2.05) is 6.07 Å². The highest BCUT2D eigenvalue weighted by molar-refractivity contribution is 7.89. The fraction of sp³-hybridized carbons (Fsp3) is 0.538. The predicted molar refractivity (Wildman–Crippen MR) is 78.8 cm³/mol. The van der Waals surface area contributed by atoms with Gasteiger partial charge < -0.3 is 10.6 Å². The van der Waals surface area contributed by atoms with Crippen molar-refractivity contribution in [2.75, 3.05) is 18.4 Å². The van der Waals surface area contributed by atoms with Gasteiger partial charge in [0.05, 0.1) is 4.90 Å². The van der Waals surface area contributed by atoms with Crippen LogP contribution in [0.15, 0.2) is 23.1 Å². The van der Waals surface area contributed by atoms with Crippen molar-refractivity contribution in [3.63, 3.8) is 0 Å². The van der Waals surface area contributed by atoms with Crippen LogP contribution in [0.25, 0.3) is 0 Å². The molecule has 0 saturated carbocycles. The molecule has 0 saturated heterocycles. The molecule has 0 aliphatic rings. The summed E-state index contributed by atoms with van der Waals surface area (Å²) in [5.41, 5.74) is 1.48. The summed E-state index contributed by atoms with van der Waals surface area (Å²) in [4.78, 5) is 0.168. The summed E-state index contributed by atoms with van der Waals surface area (Å²) in [6, 6.07) is 5.17. The van der Waals surface area contributed by atoms with Gasteiger partial charge in [-0.15, -0.1) is 0 Å². The number of primary sulfonamides is 1. The van der Waals surface area contributed by atoms with Gasteiger partial charge in [-0.05, 0) is 45.4 Å². The van der Waals surface area contributed by atoms with Crippen molar-refractivity contribution in [1.29, 1.82) is 0 Å². The lowest BCUT2D eigenvalue weighted by Crippen LogP contribution is -2.38. The third kappa shape index (κ3) is 5.59. The van der Waals surface area contributed by atoms with Crippen LogP contribution in [0, 0.1) is 6.92 Å². The van der Waals surface area contributed by atoms with Crippen LogP contribution >= 0.6 is 0 Å². The maximum Gasteiger partial charge on any atom is 0.238 e. The Bertz CT molecular complexity index is 533. The molecule has 108 valence electrons. The van der Waals surface area contributed by atoms with Crippen molar-refractivity contribution in [3.8, 4) is 0 Å². The molecule has 5 nitrogen and oxygen atoms in total. The van der Waals surface area contributed by atoms with Crippen molar-refractivity contribution < 1.29 is 8.42 Å². The zero-order chi connectivity index (χ0) is 14.7. The van der Waals surface area contributed by atoms with E-state index in [1.54, 1.807) is 19.1 Å². The topological polar surface area (TPSA) is 84.2 Å². The smallest absolute Gasteiger partial charge is 0.238 e. The van der Waals surface area contributed by atoms with Gasteiger partial charge >= 0.3 is 0 Å². The van der Waals surface area contributed by atoms with E-state index in [-0.39, 0.29) is 10.4 Å². The molecule has 0 heterocycles. The lowest BCUT2D eigenvalue weighted by molar-refractivity contribution is 0.435.